The molecule has 1 unspecified atom stereocenters. The van der Waals surface area contributed by atoms with E-state index in [-0.39, 0.29) is 0 Å². The Kier molecular flexibility index (Phi) is 9.40. The Hall–Kier alpha value is -1.16. The van der Waals surface area contributed by atoms with Crippen molar-refractivity contribution in [1.29, 1.82) is 0 Å². The van der Waals surface area contributed by atoms with Crippen molar-refractivity contribution >= 4 is 8.07 Å². The Morgan fingerprint density at radius 3 is 2.40 bits per heavy atom. The van der Waals surface area contributed by atoms with Crippen LogP contribution in [0.4, 0.5) is 0 Å². The van der Waals surface area contributed by atoms with Gasteiger partial charge in [0.05, 0.1) is 21.3 Å². The van der Waals surface area contributed by atoms with Crippen molar-refractivity contribution in [3.05, 3.63) is 59.7 Å². The molecule has 0 saturated heterocycles. The summed E-state index contributed by atoms with van der Waals surface area (Å²) in [5, 5.41) is 0. The first-order valence-corrected chi connectivity index (χ1v) is 13.0. The van der Waals surface area contributed by atoms with Crippen molar-refractivity contribution < 1.29 is 4.74 Å². The van der Waals surface area contributed by atoms with Crippen molar-refractivity contribution in [3.8, 4) is 0 Å². The van der Waals surface area contributed by atoms with Crippen LogP contribution in [0.25, 0.3) is 0 Å². The first-order chi connectivity index (χ1) is 11.7. The predicted octanol–water partition coefficient (Wildman–Crippen LogP) is 5.68. The molecule has 0 radical (unpaired) electrons. The van der Waals surface area contributed by atoms with Crippen LogP contribution in [0.3, 0.4) is 0 Å². The van der Waals surface area contributed by atoms with Crippen LogP contribution < -0.4 is 0 Å². The molecule has 0 aromatic heterocycles. The summed E-state index contributed by atoms with van der Waals surface area (Å²) in [7, 11) is 1.16. The summed E-state index contributed by atoms with van der Waals surface area (Å²) in [4.78, 5) is 2.51. The summed E-state index contributed by atoms with van der Waals surface area (Å²) in [6, 6.07) is 10.8. The third-order valence-electron chi connectivity index (χ3n) is 4.30. The van der Waals surface area contributed by atoms with E-state index in [0.717, 1.165) is 12.8 Å². The van der Waals surface area contributed by atoms with Gasteiger partial charge in [-0.3, -0.25) is 0 Å². The van der Waals surface area contributed by atoms with Crippen molar-refractivity contribution in [2.45, 2.75) is 59.0 Å². The SMILES string of the molecule is C=C(C)C(CC/C(C)=C/COCc1ccccc1)N(C)C[Si](C)(C)C. The van der Waals surface area contributed by atoms with Crippen LogP contribution in [0.2, 0.25) is 19.6 Å². The second kappa shape index (κ2) is 10.7. The van der Waals surface area contributed by atoms with Gasteiger partial charge < -0.3 is 9.64 Å². The van der Waals surface area contributed by atoms with E-state index in [1.54, 1.807) is 0 Å². The first-order valence-electron chi connectivity index (χ1n) is 9.32. The highest BCUT2D eigenvalue weighted by Gasteiger charge is 2.22. The molecule has 1 aromatic rings. The van der Waals surface area contributed by atoms with Crippen molar-refractivity contribution in [1.82, 2.24) is 4.90 Å². The maximum absolute atomic E-state index is 5.76. The molecule has 0 aliphatic heterocycles. The zero-order valence-corrected chi connectivity index (χ0v) is 18.1. The van der Waals surface area contributed by atoms with Crippen molar-refractivity contribution in [2.24, 2.45) is 0 Å². The number of ether oxygens (including phenoxy) is 1. The number of hydrogen-bond acceptors (Lipinski definition) is 2. The standard InChI is InChI=1S/C22H37NOSi/c1-19(2)22(23(4)18-25(5,6)7)14-13-20(3)15-16-24-17-21-11-9-8-10-12-21/h8-12,15,22H,1,13-14,16-18H2,2-7H3/b20-15+. The Balaban J connectivity index is 2.40. The Bertz CT molecular complexity index is 545. The quantitative estimate of drug-likeness (QED) is 0.286. The van der Waals surface area contributed by atoms with Gasteiger partial charge in [0, 0.05) is 6.04 Å². The largest absolute Gasteiger partial charge is 0.373 e. The van der Waals surface area contributed by atoms with Gasteiger partial charge in [-0.2, -0.15) is 0 Å². The summed E-state index contributed by atoms with van der Waals surface area (Å²) in [6.45, 7) is 17.2. The van der Waals surface area contributed by atoms with Crippen LogP contribution in [0.1, 0.15) is 32.3 Å². The fourth-order valence-corrected chi connectivity index (χ4v) is 4.84. The molecule has 0 amide bonds. The number of likely N-dealkylation sites (N-methyl/N-ethyl adjacent to an activating group) is 1. The van der Waals surface area contributed by atoms with Crippen LogP contribution in [0.5, 0.6) is 0 Å². The van der Waals surface area contributed by atoms with E-state index in [1.807, 2.05) is 6.07 Å². The minimum atomic E-state index is -1.09. The maximum Gasteiger partial charge on any atom is 0.0721 e. The summed E-state index contributed by atoms with van der Waals surface area (Å²) in [5.41, 5.74) is 3.90. The van der Waals surface area contributed by atoms with Crippen LogP contribution >= 0.6 is 0 Å². The lowest BCUT2D eigenvalue weighted by molar-refractivity contribution is 0.148. The molecular formula is C22H37NOSi. The normalized spacial score (nSPS) is 14.0. The molecule has 0 bridgehead atoms. The number of benzene rings is 1. The molecule has 25 heavy (non-hydrogen) atoms. The summed E-state index contributed by atoms with van der Waals surface area (Å²) >= 11 is 0. The average molecular weight is 360 g/mol. The molecule has 2 nitrogen and oxygen atoms in total. The minimum absolute atomic E-state index is 0.473. The maximum atomic E-state index is 5.76. The van der Waals surface area contributed by atoms with E-state index in [0.29, 0.717) is 19.3 Å². The third kappa shape index (κ3) is 9.78. The van der Waals surface area contributed by atoms with E-state index in [4.69, 9.17) is 4.74 Å². The van der Waals surface area contributed by atoms with Gasteiger partial charge in [0.15, 0.2) is 0 Å². The lowest BCUT2D eigenvalue weighted by Crippen LogP contribution is -2.43. The second-order valence-corrected chi connectivity index (χ2v) is 13.9. The molecule has 0 heterocycles. The molecule has 0 spiro atoms. The number of nitrogens with zero attached hydrogens (tertiary/aromatic N) is 1. The number of hydrogen-bond donors (Lipinski definition) is 0. The van der Waals surface area contributed by atoms with Crippen molar-refractivity contribution in [2.75, 3.05) is 19.8 Å². The van der Waals surface area contributed by atoms with Gasteiger partial charge in [-0.25, -0.2) is 0 Å². The third-order valence-corrected chi connectivity index (χ3v) is 5.75. The van der Waals surface area contributed by atoms with Gasteiger partial charge in [0.25, 0.3) is 0 Å². The van der Waals surface area contributed by atoms with Crippen LogP contribution in [0, 0.1) is 0 Å². The first kappa shape index (κ1) is 21.9. The summed E-state index contributed by atoms with van der Waals surface area (Å²) in [5.74, 6) is 0. The zero-order valence-electron chi connectivity index (χ0n) is 17.1. The molecule has 140 valence electrons. The number of rotatable bonds is 11. The molecular weight excluding hydrogens is 322 g/mol. The summed E-state index contributed by atoms with van der Waals surface area (Å²) in [6.07, 6.45) is 5.67. The highest BCUT2D eigenvalue weighted by molar-refractivity contribution is 6.76. The second-order valence-electron chi connectivity index (χ2n) is 8.43. The summed E-state index contributed by atoms with van der Waals surface area (Å²) < 4.78 is 5.76. The highest BCUT2D eigenvalue weighted by atomic mass is 28.3. The lowest BCUT2D eigenvalue weighted by atomic mass is 10.0. The fraction of sp³-hybridized carbons (Fsp3) is 0.545. The van der Waals surface area contributed by atoms with Gasteiger partial charge in [-0.15, -0.1) is 0 Å². The van der Waals surface area contributed by atoms with E-state index >= 15 is 0 Å². The lowest BCUT2D eigenvalue weighted by Gasteiger charge is -2.33. The minimum Gasteiger partial charge on any atom is -0.373 e. The molecule has 0 aliphatic rings. The van der Waals surface area contributed by atoms with Gasteiger partial charge in [0.1, 0.15) is 0 Å². The van der Waals surface area contributed by atoms with Crippen LogP contribution in [-0.2, 0) is 11.3 Å². The average Bonchev–Trinajstić information content (AvgIpc) is 2.50. The molecule has 1 atom stereocenters. The van der Waals surface area contributed by atoms with E-state index < -0.39 is 8.07 Å². The zero-order chi connectivity index (χ0) is 18.9. The smallest absolute Gasteiger partial charge is 0.0721 e. The van der Waals surface area contributed by atoms with Crippen molar-refractivity contribution in [3.63, 3.8) is 0 Å². The number of allylic oxidation sites excluding steroid dienone is 1. The van der Waals surface area contributed by atoms with Gasteiger partial charge in [0.2, 0.25) is 0 Å². The Morgan fingerprint density at radius 1 is 1.20 bits per heavy atom. The monoisotopic (exact) mass is 359 g/mol. The fourth-order valence-electron chi connectivity index (χ4n) is 3.12. The molecule has 0 saturated carbocycles. The molecule has 1 rings (SSSR count). The van der Waals surface area contributed by atoms with Gasteiger partial charge >= 0.3 is 0 Å². The van der Waals surface area contributed by atoms with Crippen LogP contribution in [0.15, 0.2) is 54.1 Å². The molecule has 3 heteroatoms. The van der Waals surface area contributed by atoms with E-state index in [9.17, 15) is 0 Å². The van der Waals surface area contributed by atoms with Gasteiger partial charge in [-0.1, -0.05) is 73.8 Å². The molecule has 0 aliphatic carbocycles. The predicted molar refractivity (Wildman–Crippen MR) is 114 cm³/mol. The highest BCUT2D eigenvalue weighted by Crippen LogP contribution is 2.18. The van der Waals surface area contributed by atoms with Gasteiger partial charge in [-0.05, 0) is 45.5 Å². The Labute approximate surface area is 156 Å². The molecule has 1 aromatic carbocycles. The van der Waals surface area contributed by atoms with Crippen LogP contribution in [-0.4, -0.2) is 38.8 Å². The topological polar surface area (TPSA) is 12.5 Å². The van der Waals surface area contributed by atoms with E-state index in [1.165, 1.54) is 22.9 Å². The Morgan fingerprint density at radius 2 is 1.84 bits per heavy atom. The molecule has 0 fully saturated rings. The molecule has 0 N–H and O–H groups in total. The van der Waals surface area contributed by atoms with E-state index in [2.05, 4.69) is 82.4 Å².